The monoisotopic (exact) mass is 418 g/mol. The SMILES string of the molecule is COc1cc(CNn2nnnc2N)cc(Br)c1OCc1ccc(C)cc1. The average Bonchev–Trinajstić information content (AvgIpc) is 3.05. The predicted octanol–water partition coefficient (Wildman–Crippen LogP) is 2.66. The average molecular weight is 419 g/mol. The molecule has 0 atom stereocenters. The minimum atomic E-state index is 0.189. The molecule has 136 valence electrons. The van der Waals surface area contributed by atoms with Crippen molar-refractivity contribution < 1.29 is 9.47 Å². The Kier molecular flexibility index (Phi) is 5.57. The van der Waals surface area contributed by atoms with Crippen molar-refractivity contribution in [3.63, 3.8) is 0 Å². The molecule has 0 aliphatic carbocycles. The number of tetrazole rings is 1. The van der Waals surface area contributed by atoms with Gasteiger partial charge in [0.1, 0.15) is 6.61 Å². The van der Waals surface area contributed by atoms with E-state index in [1.807, 2.05) is 24.3 Å². The number of nitrogens with zero attached hydrogens (tertiary/aromatic N) is 4. The third-order valence-corrected chi connectivity index (χ3v) is 4.31. The molecule has 0 unspecified atom stereocenters. The van der Waals surface area contributed by atoms with E-state index in [1.165, 1.54) is 10.4 Å². The van der Waals surface area contributed by atoms with Gasteiger partial charge in [0, 0.05) is 0 Å². The fourth-order valence-corrected chi connectivity index (χ4v) is 2.93. The molecule has 0 saturated heterocycles. The Morgan fingerprint density at radius 1 is 1.19 bits per heavy atom. The molecule has 3 aromatic rings. The summed E-state index contributed by atoms with van der Waals surface area (Å²) in [5.41, 5.74) is 11.9. The van der Waals surface area contributed by atoms with Crippen LogP contribution < -0.4 is 20.6 Å². The maximum absolute atomic E-state index is 5.96. The topological polar surface area (TPSA) is 100 Å². The highest BCUT2D eigenvalue weighted by atomic mass is 79.9. The third kappa shape index (κ3) is 4.23. The van der Waals surface area contributed by atoms with Gasteiger partial charge in [-0.05, 0) is 56.5 Å². The van der Waals surface area contributed by atoms with Crippen LogP contribution in [0.4, 0.5) is 5.95 Å². The molecule has 0 fully saturated rings. The van der Waals surface area contributed by atoms with Crippen LogP contribution in [-0.2, 0) is 13.2 Å². The largest absolute Gasteiger partial charge is 0.493 e. The van der Waals surface area contributed by atoms with Crippen LogP contribution in [0.25, 0.3) is 0 Å². The minimum Gasteiger partial charge on any atom is -0.493 e. The number of nitrogen functional groups attached to an aromatic ring is 1. The molecule has 0 aliphatic heterocycles. The number of hydrogen-bond donors (Lipinski definition) is 2. The minimum absolute atomic E-state index is 0.189. The number of hydrogen-bond acceptors (Lipinski definition) is 7. The molecular formula is C17H19BrN6O2. The fraction of sp³-hybridized carbons (Fsp3) is 0.235. The molecule has 0 spiro atoms. The molecule has 26 heavy (non-hydrogen) atoms. The number of rotatable bonds is 7. The standard InChI is InChI=1S/C17H19BrN6O2/c1-11-3-5-12(6-4-11)10-26-16-14(18)7-13(8-15(16)25-2)9-20-24-17(19)21-22-23-24/h3-8,20H,9-10H2,1-2H3,(H2,19,21,23). The molecule has 0 bridgehead atoms. The van der Waals surface area contributed by atoms with Gasteiger partial charge in [-0.1, -0.05) is 34.9 Å². The third-order valence-electron chi connectivity index (χ3n) is 3.72. The van der Waals surface area contributed by atoms with Gasteiger partial charge < -0.3 is 20.6 Å². The van der Waals surface area contributed by atoms with Crippen molar-refractivity contribution in [1.29, 1.82) is 0 Å². The highest BCUT2D eigenvalue weighted by Gasteiger charge is 2.12. The highest BCUT2D eigenvalue weighted by molar-refractivity contribution is 9.10. The lowest BCUT2D eigenvalue weighted by Crippen LogP contribution is -2.18. The lowest BCUT2D eigenvalue weighted by Gasteiger charge is -2.15. The summed E-state index contributed by atoms with van der Waals surface area (Å²) in [7, 11) is 1.61. The first-order chi connectivity index (χ1) is 12.6. The lowest BCUT2D eigenvalue weighted by atomic mass is 10.1. The number of benzene rings is 2. The second-order valence-corrected chi connectivity index (χ2v) is 6.52. The summed E-state index contributed by atoms with van der Waals surface area (Å²) in [5, 5.41) is 10.8. The van der Waals surface area contributed by atoms with Crippen LogP contribution >= 0.6 is 15.9 Å². The van der Waals surface area contributed by atoms with Gasteiger partial charge in [0.25, 0.3) is 5.95 Å². The zero-order chi connectivity index (χ0) is 18.5. The number of nitrogens with two attached hydrogens (primary N) is 1. The second kappa shape index (κ2) is 8.05. The number of anilines is 1. The van der Waals surface area contributed by atoms with Gasteiger partial charge in [-0.3, -0.25) is 0 Å². The summed E-state index contributed by atoms with van der Waals surface area (Å²) in [6.07, 6.45) is 0. The first-order valence-electron chi connectivity index (χ1n) is 7.89. The van der Waals surface area contributed by atoms with Crippen molar-refractivity contribution >= 4 is 21.9 Å². The van der Waals surface area contributed by atoms with Crippen molar-refractivity contribution in [3.05, 3.63) is 57.6 Å². The van der Waals surface area contributed by atoms with Crippen molar-refractivity contribution in [3.8, 4) is 11.5 Å². The molecule has 0 saturated carbocycles. The molecule has 8 nitrogen and oxygen atoms in total. The second-order valence-electron chi connectivity index (χ2n) is 5.67. The van der Waals surface area contributed by atoms with Gasteiger partial charge in [0.2, 0.25) is 0 Å². The smallest absolute Gasteiger partial charge is 0.260 e. The number of nitrogens with one attached hydrogen (secondary N) is 1. The Bertz CT molecular complexity index is 881. The summed E-state index contributed by atoms with van der Waals surface area (Å²) in [6, 6.07) is 12.0. The maximum Gasteiger partial charge on any atom is 0.260 e. The molecule has 3 N–H and O–H groups in total. The Morgan fingerprint density at radius 3 is 2.62 bits per heavy atom. The van der Waals surface area contributed by atoms with E-state index in [4.69, 9.17) is 15.2 Å². The van der Waals surface area contributed by atoms with Crippen LogP contribution in [0.5, 0.6) is 11.5 Å². The normalized spacial score (nSPS) is 10.6. The van der Waals surface area contributed by atoms with Gasteiger partial charge in [0.15, 0.2) is 11.5 Å². The number of aryl methyl sites for hydroxylation is 1. The number of ether oxygens (including phenoxy) is 2. The van der Waals surface area contributed by atoms with E-state index in [1.54, 1.807) is 7.11 Å². The van der Waals surface area contributed by atoms with Crippen LogP contribution in [0.15, 0.2) is 40.9 Å². The van der Waals surface area contributed by atoms with Crippen molar-refractivity contribution in [2.45, 2.75) is 20.1 Å². The number of methoxy groups -OCH3 is 1. The van der Waals surface area contributed by atoms with E-state index in [2.05, 4.69) is 55.9 Å². The highest BCUT2D eigenvalue weighted by Crippen LogP contribution is 2.37. The molecular weight excluding hydrogens is 400 g/mol. The Hall–Kier alpha value is -2.81. The zero-order valence-electron chi connectivity index (χ0n) is 14.4. The lowest BCUT2D eigenvalue weighted by molar-refractivity contribution is 0.282. The quantitative estimate of drug-likeness (QED) is 0.607. The summed E-state index contributed by atoms with van der Waals surface area (Å²) >= 11 is 3.55. The molecule has 0 radical (unpaired) electrons. The number of aromatic nitrogens is 4. The van der Waals surface area contributed by atoms with Gasteiger partial charge in [0.05, 0.1) is 18.1 Å². The van der Waals surface area contributed by atoms with E-state index >= 15 is 0 Å². The maximum atomic E-state index is 5.96. The van der Waals surface area contributed by atoms with Crippen molar-refractivity contribution in [2.24, 2.45) is 0 Å². The Balaban J connectivity index is 1.72. The first-order valence-corrected chi connectivity index (χ1v) is 8.68. The summed E-state index contributed by atoms with van der Waals surface area (Å²) in [6.45, 7) is 2.97. The van der Waals surface area contributed by atoms with Crippen LogP contribution in [0, 0.1) is 6.92 Å². The molecule has 1 heterocycles. The van der Waals surface area contributed by atoms with Crippen LogP contribution in [-0.4, -0.2) is 27.4 Å². The van der Waals surface area contributed by atoms with Crippen molar-refractivity contribution in [2.75, 3.05) is 18.3 Å². The van der Waals surface area contributed by atoms with Crippen LogP contribution in [0.3, 0.4) is 0 Å². The van der Waals surface area contributed by atoms with Gasteiger partial charge >= 0.3 is 0 Å². The van der Waals surface area contributed by atoms with Gasteiger partial charge in [-0.15, -0.1) is 4.79 Å². The predicted molar refractivity (Wildman–Crippen MR) is 101 cm³/mol. The van der Waals surface area contributed by atoms with Gasteiger partial charge in [-0.25, -0.2) is 0 Å². The molecule has 1 aromatic heterocycles. The molecule has 9 heteroatoms. The van der Waals surface area contributed by atoms with Gasteiger partial charge in [-0.2, -0.15) is 0 Å². The Labute approximate surface area is 159 Å². The van der Waals surface area contributed by atoms with E-state index < -0.39 is 0 Å². The van der Waals surface area contributed by atoms with E-state index in [9.17, 15) is 0 Å². The first kappa shape index (κ1) is 18.0. The molecule has 3 rings (SSSR count). The van der Waals surface area contributed by atoms with Crippen LogP contribution in [0.2, 0.25) is 0 Å². The van der Waals surface area contributed by atoms with Crippen LogP contribution in [0.1, 0.15) is 16.7 Å². The molecule has 0 amide bonds. The summed E-state index contributed by atoms with van der Waals surface area (Å²) < 4.78 is 12.2. The molecule has 2 aromatic carbocycles. The van der Waals surface area contributed by atoms with E-state index in [0.717, 1.165) is 15.6 Å². The van der Waals surface area contributed by atoms with E-state index in [0.29, 0.717) is 24.7 Å². The van der Waals surface area contributed by atoms with Crippen molar-refractivity contribution in [1.82, 2.24) is 20.3 Å². The Morgan fingerprint density at radius 2 is 1.96 bits per heavy atom. The fourth-order valence-electron chi connectivity index (χ4n) is 2.33. The molecule has 0 aliphatic rings. The summed E-state index contributed by atoms with van der Waals surface area (Å²) in [4.78, 5) is 1.31. The number of halogens is 1. The van der Waals surface area contributed by atoms with E-state index in [-0.39, 0.29) is 5.95 Å². The summed E-state index contributed by atoms with van der Waals surface area (Å²) in [5.74, 6) is 1.47. The zero-order valence-corrected chi connectivity index (χ0v) is 16.0.